The fourth-order valence-electron chi connectivity index (χ4n) is 5.07. The Labute approximate surface area is 197 Å². The highest BCUT2D eigenvalue weighted by atomic mass is 19.4. The molecule has 2 fully saturated rings. The number of rotatable bonds is 5. The largest absolute Gasteiger partial charge is 0.573 e. The maximum absolute atomic E-state index is 13.5. The maximum Gasteiger partial charge on any atom is 0.573 e. The zero-order valence-corrected chi connectivity index (χ0v) is 18.0. The highest BCUT2D eigenvalue weighted by molar-refractivity contribution is 6.08. The van der Waals surface area contributed by atoms with Crippen molar-refractivity contribution >= 4 is 28.6 Å². The second-order valence-corrected chi connectivity index (χ2v) is 8.53. The van der Waals surface area contributed by atoms with Crippen LogP contribution in [0.25, 0.3) is 10.8 Å². The first-order valence-corrected chi connectivity index (χ1v) is 10.8. The number of imide groups is 1. The number of carbonyl (C=O) groups is 3. The lowest BCUT2D eigenvalue weighted by molar-refractivity contribution is -0.274. The molecule has 0 aliphatic carbocycles. The van der Waals surface area contributed by atoms with Crippen LogP contribution in [0.4, 0.5) is 13.2 Å². The Morgan fingerprint density at radius 3 is 2.40 bits per heavy atom. The first kappa shape index (κ1) is 22.9. The number of alkyl halides is 3. The summed E-state index contributed by atoms with van der Waals surface area (Å²) in [4.78, 5) is 39.8. The number of benzene rings is 3. The van der Waals surface area contributed by atoms with E-state index in [0.29, 0.717) is 0 Å². The molecule has 2 aliphatic heterocycles. The van der Waals surface area contributed by atoms with Crippen molar-refractivity contribution in [2.24, 2.45) is 11.8 Å². The predicted octanol–water partition coefficient (Wildman–Crippen LogP) is 3.64. The number of carboxylic acid groups (broad SMARTS) is 1. The van der Waals surface area contributed by atoms with Crippen LogP contribution >= 0.6 is 0 Å². The van der Waals surface area contributed by atoms with Crippen LogP contribution in [0.15, 0.2) is 66.7 Å². The third-order valence-corrected chi connectivity index (χ3v) is 6.49. The van der Waals surface area contributed by atoms with Crippen molar-refractivity contribution in [2.45, 2.75) is 25.0 Å². The summed E-state index contributed by atoms with van der Waals surface area (Å²) in [7, 11) is 0. The molecule has 3 aromatic carbocycles. The summed E-state index contributed by atoms with van der Waals surface area (Å²) in [5.74, 6) is -5.30. The van der Waals surface area contributed by atoms with Crippen LogP contribution in [0.1, 0.15) is 17.2 Å². The van der Waals surface area contributed by atoms with Crippen LogP contribution in [0.5, 0.6) is 5.75 Å². The van der Waals surface area contributed by atoms with Crippen LogP contribution in [0.3, 0.4) is 0 Å². The minimum Gasteiger partial charge on any atom is -0.480 e. The number of hydrogen-bond acceptors (Lipinski definition) is 5. The van der Waals surface area contributed by atoms with Gasteiger partial charge in [-0.1, -0.05) is 54.6 Å². The molecule has 2 N–H and O–H groups in total. The quantitative estimate of drug-likeness (QED) is 0.537. The maximum atomic E-state index is 13.5. The molecule has 35 heavy (non-hydrogen) atoms. The SMILES string of the molecule is O=C(O)C1NC(c2cccc(OC(F)(F)F)c2)C2C(=O)N(Cc3cccc4ccccc34)C(=O)C12. The Morgan fingerprint density at radius 1 is 0.971 bits per heavy atom. The van der Waals surface area contributed by atoms with Gasteiger partial charge in [-0.25, -0.2) is 0 Å². The first-order chi connectivity index (χ1) is 16.6. The Kier molecular flexibility index (Phi) is 5.47. The Morgan fingerprint density at radius 2 is 1.66 bits per heavy atom. The molecule has 2 amide bonds. The van der Waals surface area contributed by atoms with E-state index in [2.05, 4.69) is 10.1 Å². The standard InChI is InChI=1S/C25H19F3N2O5/c26-25(27,28)35-16-9-4-7-14(11-16)20-18-19(21(29-20)24(33)34)23(32)30(22(18)31)12-15-8-3-6-13-5-1-2-10-17(13)15/h1-11,18-21,29H,12H2,(H,33,34). The van der Waals surface area contributed by atoms with Crippen LogP contribution in [0.2, 0.25) is 0 Å². The Hall–Kier alpha value is -3.92. The third kappa shape index (κ3) is 4.10. The molecule has 2 aliphatic rings. The van der Waals surface area contributed by atoms with E-state index < -0.39 is 53.8 Å². The van der Waals surface area contributed by atoms with Gasteiger partial charge in [-0.15, -0.1) is 13.2 Å². The molecule has 0 saturated carbocycles. The third-order valence-electron chi connectivity index (χ3n) is 6.49. The van der Waals surface area contributed by atoms with E-state index in [1.807, 2.05) is 30.3 Å². The number of nitrogens with one attached hydrogen (secondary N) is 1. The minimum atomic E-state index is -4.91. The second kappa shape index (κ2) is 8.38. The molecule has 0 bridgehead atoms. The topological polar surface area (TPSA) is 95.9 Å². The molecular formula is C25H19F3N2O5. The molecule has 2 saturated heterocycles. The molecule has 0 aromatic heterocycles. The van der Waals surface area contributed by atoms with Gasteiger partial charge in [-0.2, -0.15) is 0 Å². The monoisotopic (exact) mass is 484 g/mol. The van der Waals surface area contributed by atoms with Gasteiger partial charge in [0.05, 0.1) is 18.4 Å². The summed E-state index contributed by atoms with van der Waals surface area (Å²) >= 11 is 0. The van der Waals surface area contributed by atoms with Crippen molar-refractivity contribution < 1.29 is 37.4 Å². The normalized spacial score (nSPS) is 24.1. The highest BCUT2D eigenvalue weighted by Crippen LogP contribution is 2.45. The molecule has 4 unspecified atom stereocenters. The molecule has 3 aromatic rings. The fourth-order valence-corrected chi connectivity index (χ4v) is 5.07. The lowest BCUT2D eigenvalue weighted by Crippen LogP contribution is -2.42. The van der Waals surface area contributed by atoms with Crippen LogP contribution < -0.4 is 10.1 Å². The van der Waals surface area contributed by atoms with Crippen molar-refractivity contribution in [3.63, 3.8) is 0 Å². The average molecular weight is 484 g/mol. The number of aliphatic carboxylic acids is 1. The summed E-state index contributed by atoms with van der Waals surface area (Å²) in [6, 6.07) is 15.6. The minimum absolute atomic E-state index is 0.0394. The lowest BCUT2D eigenvalue weighted by atomic mass is 9.86. The molecule has 2 heterocycles. The van der Waals surface area contributed by atoms with E-state index in [-0.39, 0.29) is 12.1 Å². The van der Waals surface area contributed by atoms with Crippen molar-refractivity contribution in [2.75, 3.05) is 0 Å². The highest BCUT2D eigenvalue weighted by Gasteiger charge is 2.61. The number of nitrogens with zero attached hydrogens (tertiary/aromatic N) is 1. The van der Waals surface area contributed by atoms with Gasteiger partial charge in [-0.05, 0) is 34.0 Å². The van der Waals surface area contributed by atoms with Crippen molar-refractivity contribution in [3.05, 3.63) is 77.9 Å². The van der Waals surface area contributed by atoms with Crippen LogP contribution in [-0.4, -0.2) is 40.2 Å². The summed E-state index contributed by atoms with van der Waals surface area (Å²) in [6.07, 6.45) is -4.91. The van der Waals surface area contributed by atoms with Crippen molar-refractivity contribution in [1.29, 1.82) is 0 Å². The Bertz CT molecular complexity index is 1340. The van der Waals surface area contributed by atoms with Gasteiger partial charge in [0.15, 0.2) is 0 Å². The lowest BCUT2D eigenvalue weighted by Gasteiger charge is -2.22. The van der Waals surface area contributed by atoms with Gasteiger partial charge < -0.3 is 9.84 Å². The summed E-state index contributed by atoms with van der Waals surface area (Å²) in [6.45, 7) is -0.0394. The van der Waals surface area contributed by atoms with Gasteiger partial charge >= 0.3 is 12.3 Å². The molecule has 180 valence electrons. The van der Waals surface area contributed by atoms with Crippen LogP contribution in [0, 0.1) is 11.8 Å². The van der Waals surface area contributed by atoms with Crippen LogP contribution in [-0.2, 0) is 20.9 Å². The molecule has 10 heteroatoms. The number of hydrogen-bond donors (Lipinski definition) is 2. The zero-order valence-electron chi connectivity index (χ0n) is 18.0. The van der Waals surface area contributed by atoms with E-state index in [1.54, 1.807) is 12.1 Å². The number of likely N-dealkylation sites (tertiary alicyclic amines) is 1. The number of carbonyl (C=O) groups excluding carboxylic acids is 2. The second-order valence-electron chi connectivity index (χ2n) is 8.53. The first-order valence-electron chi connectivity index (χ1n) is 10.8. The molecule has 5 rings (SSSR count). The molecule has 0 radical (unpaired) electrons. The molecule has 7 nitrogen and oxygen atoms in total. The van der Waals surface area contributed by atoms with E-state index >= 15 is 0 Å². The number of fused-ring (bicyclic) bond motifs is 2. The van der Waals surface area contributed by atoms with Gasteiger partial charge in [0, 0.05) is 6.04 Å². The summed E-state index contributed by atoms with van der Waals surface area (Å²) < 4.78 is 42.1. The molecular weight excluding hydrogens is 465 g/mol. The number of ether oxygens (including phenoxy) is 1. The van der Waals surface area contributed by atoms with Gasteiger partial charge in [0.1, 0.15) is 11.8 Å². The van der Waals surface area contributed by atoms with Gasteiger partial charge in [0.2, 0.25) is 11.8 Å². The van der Waals surface area contributed by atoms with E-state index in [0.717, 1.165) is 33.4 Å². The average Bonchev–Trinajstić information content (AvgIpc) is 3.31. The van der Waals surface area contributed by atoms with Crippen molar-refractivity contribution in [1.82, 2.24) is 10.2 Å². The number of amides is 2. The van der Waals surface area contributed by atoms with E-state index in [4.69, 9.17) is 0 Å². The van der Waals surface area contributed by atoms with Gasteiger partial charge in [0.25, 0.3) is 0 Å². The predicted molar refractivity (Wildman–Crippen MR) is 117 cm³/mol. The van der Waals surface area contributed by atoms with Crippen molar-refractivity contribution in [3.8, 4) is 5.75 Å². The summed E-state index contributed by atoms with van der Waals surface area (Å²) in [5, 5.41) is 14.3. The summed E-state index contributed by atoms with van der Waals surface area (Å²) in [5.41, 5.74) is 0.945. The molecule has 0 spiro atoms. The van der Waals surface area contributed by atoms with Gasteiger partial charge in [-0.3, -0.25) is 24.6 Å². The van der Waals surface area contributed by atoms with E-state index in [9.17, 15) is 32.7 Å². The number of halogens is 3. The van der Waals surface area contributed by atoms with E-state index in [1.165, 1.54) is 12.1 Å². The Balaban J connectivity index is 1.49. The molecule has 4 atom stereocenters. The fraction of sp³-hybridized carbons (Fsp3) is 0.240. The number of carboxylic acids is 1. The zero-order chi connectivity index (χ0) is 24.9. The smallest absolute Gasteiger partial charge is 0.480 e.